The molecule has 3 aliphatic rings. The molecule has 0 radical (unpaired) electrons. The molecule has 0 amide bonds. The third-order valence-electron chi connectivity index (χ3n) is 8.82. The molecule has 1 unspecified atom stereocenters. The molecule has 5 atom stereocenters. The summed E-state index contributed by atoms with van der Waals surface area (Å²) in [5, 5.41) is 21.0. The van der Waals surface area contributed by atoms with Crippen molar-refractivity contribution in [2.45, 2.75) is 110 Å². The second-order valence-corrected chi connectivity index (χ2v) is 12.6. The van der Waals surface area contributed by atoms with Crippen LogP contribution in [0.1, 0.15) is 98.3 Å². The van der Waals surface area contributed by atoms with Gasteiger partial charge in [-0.1, -0.05) is 72.5 Å². The minimum atomic E-state index is -1.44. The van der Waals surface area contributed by atoms with Crippen LogP contribution < -0.4 is 0 Å². The molecule has 0 spiro atoms. The fraction of sp³-hybridized carbons (Fsp3) is 0.759. The van der Waals surface area contributed by atoms with Crippen molar-refractivity contribution in [3.8, 4) is 0 Å². The first kappa shape index (κ1) is 27.7. The molecule has 34 heavy (non-hydrogen) atoms. The lowest BCUT2D eigenvalue weighted by molar-refractivity contribution is -0.210. The molecule has 5 heteroatoms. The van der Waals surface area contributed by atoms with Gasteiger partial charge in [-0.25, -0.2) is 0 Å². The van der Waals surface area contributed by atoms with Crippen LogP contribution in [0, 0.1) is 23.2 Å². The maximum atomic E-state index is 11.7. The fourth-order valence-corrected chi connectivity index (χ4v) is 7.12. The maximum Gasteiger partial charge on any atom is 0.319 e. The molecule has 0 bridgehead atoms. The van der Waals surface area contributed by atoms with Crippen LogP contribution in [0.3, 0.4) is 0 Å². The van der Waals surface area contributed by atoms with E-state index < -0.39 is 17.4 Å². The van der Waals surface area contributed by atoms with Crippen molar-refractivity contribution >= 4 is 21.9 Å². The molecule has 0 aromatic rings. The number of carbonyl (C=O) groups excluding carboxylic acids is 1. The maximum absolute atomic E-state index is 11.7. The molecular weight excluding hydrogens is 492 g/mol. The lowest BCUT2D eigenvalue weighted by Crippen LogP contribution is -2.38. The molecule has 0 heterocycles. The largest absolute Gasteiger partial charge is 0.432 e. The predicted octanol–water partition coefficient (Wildman–Crippen LogP) is 7.00. The number of alkyl halides is 1. The van der Waals surface area contributed by atoms with Gasteiger partial charge in [0.25, 0.3) is 0 Å². The number of esters is 1. The van der Waals surface area contributed by atoms with E-state index in [9.17, 15) is 15.0 Å². The van der Waals surface area contributed by atoms with E-state index in [1.807, 2.05) is 13.8 Å². The van der Waals surface area contributed by atoms with Gasteiger partial charge in [-0.2, -0.15) is 0 Å². The Balaban J connectivity index is 1.71. The van der Waals surface area contributed by atoms with E-state index in [2.05, 4.69) is 48.5 Å². The first-order valence-electron chi connectivity index (χ1n) is 13.2. The lowest BCUT2D eigenvalue weighted by Gasteiger charge is -2.44. The predicted molar refractivity (Wildman–Crippen MR) is 141 cm³/mol. The van der Waals surface area contributed by atoms with E-state index in [0.717, 1.165) is 36.3 Å². The number of ether oxygens (including phenoxy) is 1. The van der Waals surface area contributed by atoms with Crippen molar-refractivity contribution in [1.82, 2.24) is 0 Å². The summed E-state index contributed by atoms with van der Waals surface area (Å²) in [6, 6.07) is 0. The zero-order valence-electron chi connectivity index (χ0n) is 21.7. The van der Waals surface area contributed by atoms with Crippen LogP contribution in [-0.4, -0.2) is 32.9 Å². The van der Waals surface area contributed by atoms with Crippen LogP contribution in [0.5, 0.6) is 0 Å². The van der Waals surface area contributed by atoms with Crippen LogP contribution >= 0.6 is 15.9 Å². The lowest BCUT2D eigenvalue weighted by atomic mass is 9.60. The Bertz CT molecular complexity index is 822. The number of rotatable bonds is 8. The summed E-state index contributed by atoms with van der Waals surface area (Å²) in [6.45, 7) is 13.0. The van der Waals surface area contributed by atoms with Gasteiger partial charge >= 0.3 is 5.97 Å². The van der Waals surface area contributed by atoms with Crippen molar-refractivity contribution in [3.63, 3.8) is 0 Å². The number of hydrogen-bond donors (Lipinski definition) is 2. The smallest absolute Gasteiger partial charge is 0.319 e. The van der Waals surface area contributed by atoms with Gasteiger partial charge < -0.3 is 14.9 Å². The Kier molecular flexibility index (Phi) is 8.96. The Morgan fingerprint density at radius 2 is 2.03 bits per heavy atom. The summed E-state index contributed by atoms with van der Waals surface area (Å²) in [7, 11) is 0. The summed E-state index contributed by atoms with van der Waals surface area (Å²) in [5.74, 6) is 0.140. The Hall–Kier alpha value is -0.910. The highest BCUT2D eigenvalue weighted by molar-refractivity contribution is 9.09. The number of allylic oxidation sites excluding steroid dienone is 4. The minimum absolute atomic E-state index is 0.0803. The highest BCUT2D eigenvalue weighted by Crippen LogP contribution is 2.60. The zero-order chi connectivity index (χ0) is 25.1. The number of halogens is 1. The molecule has 3 fully saturated rings. The van der Waals surface area contributed by atoms with E-state index >= 15 is 0 Å². The van der Waals surface area contributed by atoms with Gasteiger partial charge in [-0.15, -0.1) is 0 Å². The van der Waals surface area contributed by atoms with Gasteiger partial charge in [0.1, 0.15) is 5.33 Å². The first-order valence-corrected chi connectivity index (χ1v) is 14.3. The van der Waals surface area contributed by atoms with Gasteiger partial charge in [0, 0.05) is 12.8 Å². The van der Waals surface area contributed by atoms with Crippen LogP contribution in [0.15, 0.2) is 35.5 Å². The molecule has 192 valence electrons. The van der Waals surface area contributed by atoms with Gasteiger partial charge in [0.05, 0.1) is 5.60 Å². The number of aliphatic hydroxyl groups is 2. The second-order valence-electron chi connectivity index (χ2n) is 12.0. The van der Waals surface area contributed by atoms with Crippen molar-refractivity contribution in [2.75, 3.05) is 5.33 Å². The summed E-state index contributed by atoms with van der Waals surface area (Å²) >= 11 is 3.11. The molecule has 0 aromatic carbocycles. The van der Waals surface area contributed by atoms with Crippen molar-refractivity contribution in [3.05, 3.63) is 35.5 Å². The average Bonchev–Trinajstić information content (AvgIpc) is 3.11. The van der Waals surface area contributed by atoms with E-state index in [0.29, 0.717) is 36.5 Å². The van der Waals surface area contributed by atoms with Crippen LogP contribution in [0.2, 0.25) is 0 Å². The molecule has 0 aromatic heterocycles. The molecular formula is C29H45BrO4. The van der Waals surface area contributed by atoms with Crippen molar-refractivity contribution < 1.29 is 19.7 Å². The molecule has 3 rings (SSSR count). The topological polar surface area (TPSA) is 66.8 Å². The third kappa shape index (κ3) is 6.64. The highest BCUT2D eigenvalue weighted by atomic mass is 79.9. The van der Waals surface area contributed by atoms with Gasteiger partial charge in [-0.3, -0.25) is 4.79 Å². The molecule has 0 aliphatic heterocycles. The standard InChI is InChI=1S/C29H45BrO4/c1-20-14-17-29(33,34-26(31)19-30)18-23(20)11-10-22-9-7-16-28(5)24(12-13-25(22)28)21(2)8-6-15-27(3,4)32/h10-11,21,24-25,32-33H,1,6-9,12-19H2,2-5H3/t21-,24-,25?,28-,29-/m1/s1. The van der Waals surface area contributed by atoms with Gasteiger partial charge in [0.15, 0.2) is 0 Å². The summed E-state index contributed by atoms with van der Waals surface area (Å²) < 4.78 is 5.33. The highest BCUT2D eigenvalue weighted by Gasteiger charge is 2.50. The third-order valence-corrected chi connectivity index (χ3v) is 9.28. The SMILES string of the molecule is C=C1CC[C@@](O)(OC(=O)CBr)CC1=CC=C1CCC[C@@]2(C)C1CC[C@@H]2[C@H](C)CCCC(C)(C)O. The summed E-state index contributed by atoms with van der Waals surface area (Å²) in [4.78, 5) is 11.7. The first-order chi connectivity index (χ1) is 15.9. The summed E-state index contributed by atoms with van der Waals surface area (Å²) in [5.41, 5.74) is 3.32. The van der Waals surface area contributed by atoms with Crippen LogP contribution in [0.25, 0.3) is 0 Å². The van der Waals surface area contributed by atoms with E-state index in [4.69, 9.17) is 4.74 Å². The number of carbonyl (C=O) groups is 1. The molecule has 2 N–H and O–H groups in total. The Morgan fingerprint density at radius 3 is 2.71 bits per heavy atom. The Morgan fingerprint density at radius 1 is 1.29 bits per heavy atom. The second kappa shape index (κ2) is 11.0. The number of fused-ring (bicyclic) bond motifs is 1. The quantitative estimate of drug-likeness (QED) is 0.199. The fourth-order valence-electron chi connectivity index (χ4n) is 7.00. The van der Waals surface area contributed by atoms with Crippen LogP contribution in [0.4, 0.5) is 0 Å². The molecule has 3 aliphatic carbocycles. The van der Waals surface area contributed by atoms with Gasteiger partial charge in [-0.05, 0) is 87.5 Å². The molecule has 3 saturated carbocycles. The number of hydrogen-bond acceptors (Lipinski definition) is 4. The Labute approximate surface area is 215 Å². The van der Waals surface area contributed by atoms with Crippen molar-refractivity contribution in [1.29, 1.82) is 0 Å². The normalized spacial score (nSPS) is 35.4. The van der Waals surface area contributed by atoms with E-state index in [1.54, 1.807) is 0 Å². The average molecular weight is 538 g/mol. The van der Waals surface area contributed by atoms with E-state index in [1.165, 1.54) is 37.7 Å². The molecule has 4 nitrogen and oxygen atoms in total. The van der Waals surface area contributed by atoms with E-state index in [-0.39, 0.29) is 5.33 Å². The minimum Gasteiger partial charge on any atom is -0.432 e. The summed E-state index contributed by atoms with van der Waals surface area (Å²) in [6.07, 6.45) is 15.1. The van der Waals surface area contributed by atoms with Gasteiger partial charge in [0.2, 0.25) is 5.79 Å². The monoisotopic (exact) mass is 536 g/mol. The molecule has 0 saturated heterocycles. The van der Waals surface area contributed by atoms with Crippen molar-refractivity contribution in [2.24, 2.45) is 23.2 Å². The zero-order valence-corrected chi connectivity index (χ0v) is 23.3. The van der Waals surface area contributed by atoms with Crippen LogP contribution in [-0.2, 0) is 9.53 Å².